The number of rotatable bonds is 6. The van der Waals surface area contributed by atoms with E-state index in [9.17, 15) is 22.8 Å². The first-order valence-electron chi connectivity index (χ1n) is 14.8. The monoisotopic (exact) mass is 591 g/mol. The molecule has 2 aromatic carbocycles. The number of aldehydes is 1. The normalized spacial score (nSPS) is 19.2. The summed E-state index contributed by atoms with van der Waals surface area (Å²) in [5.74, 6) is 1.30. The third kappa shape index (κ3) is 12.5. The number of alkyl halides is 3. The highest BCUT2D eigenvalue weighted by atomic mass is 19.4. The standard InChI is InChI=1S/C20H23F3N2O.C9H15NO2.C4H10/c1-15-14-25(13-12-24(15)2)19(16-6-4-3-5-7-16)17-8-10-18(11-9-17)26-20(21,22)23;1-8(12)10-5-2-9(3-6-10)4-7-11;1-4(2)3/h3-11,15,19H,12-14H2,1-2H3;7,9H,2-6H2,1H3;4H,1-3H3. The van der Waals surface area contributed by atoms with Gasteiger partial charge in [0.1, 0.15) is 12.0 Å². The molecule has 2 atom stereocenters. The van der Waals surface area contributed by atoms with Gasteiger partial charge in [-0.1, -0.05) is 63.2 Å². The second-order valence-corrected chi connectivity index (χ2v) is 11.8. The third-order valence-electron chi connectivity index (χ3n) is 7.39. The molecule has 9 heteroatoms. The first-order chi connectivity index (χ1) is 19.8. The van der Waals surface area contributed by atoms with Crippen LogP contribution in [0.15, 0.2) is 54.6 Å². The van der Waals surface area contributed by atoms with Crippen molar-refractivity contribution >= 4 is 12.2 Å². The fraction of sp³-hybridized carbons (Fsp3) is 0.576. The molecular weight excluding hydrogens is 543 g/mol. The number of likely N-dealkylation sites (N-methyl/N-ethyl adjacent to an activating group) is 1. The molecule has 0 aromatic heterocycles. The molecule has 0 N–H and O–H groups in total. The molecule has 0 aliphatic carbocycles. The average molecular weight is 592 g/mol. The van der Waals surface area contributed by atoms with Gasteiger partial charge in [0, 0.05) is 52.1 Å². The summed E-state index contributed by atoms with van der Waals surface area (Å²) in [4.78, 5) is 27.7. The Morgan fingerprint density at radius 3 is 1.98 bits per heavy atom. The fourth-order valence-corrected chi connectivity index (χ4v) is 5.03. The van der Waals surface area contributed by atoms with E-state index in [1.54, 1.807) is 19.1 Å². The van der Waals surface area contributed by atoms with Gasteiger partial charge < -0.3 is 19.3 Å². The quantitative estimate of drug-likeness (QED) is 0.346. The maximum atomic E-state index is 12.4. The van der Waals surface area contributed by atoms with Gasteiger partial charge in [-0.25, -0.2) is 0 Å². The second kappa shape index (κ2) is 17.3. The van der Waals surface area contributed by atoms with Crippen LogP contribution in [0, 0.1) is 11.8 Å². The van der Waals surface area contributed by atoms with E-state index in [-0.39, 0.29) is 17.7 Å². The number of hydrogen-bond donors (Lipinski definition) is 0. The van der Waals surface area contributed by atoms with Crippen molar-refractivity contribution in [3.8, 4) is 5.75 Å². The lowest BCUT2D eigenvalue weighted by atomic mass is 9.94. The first kappa shape index (κ1) is 35.3. The van der Waals surface area contributed by atoms with Gasteiger partial charge in [-0.3, -0.25) is 9.69 Å². The molecule has 1 amide bonds. The molecule has 4 rings (SSSR count). The Morgan fingerprint density at radius 2 is 1.50 bits per heavy atom. The molecule has 2 heterocycles. The number of carbonyl (C=O) groups is 2. The number of nitrogens with zero attached hydrogens (tertiary/aromatic N) is 3. The summed E-state index contributed by atoms with van der Waals surface area (Å²) in [6.45, 7) is 14.7. The predicted octanol–water partition coefficient (Wildman–Crippen LogP) is 6.81. The van der Waals surface area contributed by atoms with Crippen LogP contribution in [-0.2, 0) is 9.59 Å². The summed E-state index contributed by atoms with van der Waals surface area (Å²) in [6, 6.07) is 16.7. The topological polar surface area (TPSA) is 53.1 Å². The number of piperidine rings is 1. The minimum Gasteiger partial charge on any atom is -0.406 e. The molecule has 2 aliphatic rings. The molecule has 0 saturated carbocycles. The summed E-state index contributed by atoms with van der Waals surface area (Å²) in [5, 5.41) is 0. The number of benzene rings is 2. The van der Waals surface area contributed by atoms with Gasteiger partial charge in [0.15, 0.2) is 0 Å². The zero-order valence-corrected chi connectivity index (χ0v) is 25.9. The molecule has 6 nitrogen and oxygen atoms in total. The van der Waals surface area contributed by atoms with Crippen LogP contribution in [0.1, 0.15) is 71.0 Å². The molecule has 2 aromatic rings. The van der Waals surface area contributed by atoms with Gasteiger partial charge >= 0.3 is 6.36 Å². The van der Waals surface area contributed by atoms with Gasteiger partial charge in [0.05, 0.1) is 6.04 Å². The van der Waals surface area contributed by atoms with Crippen molar-refractivity contribution in [3.63, 3.8) is 0 Å². The Morgan fingerprint density at radius 1 is 0.952 bits per heavy atom. The van der Waals surface area contributed by atoms with Gasteiger partial charge in [-0.05, 0) is 61.9 Å². The highest BCUT2D eigenvalue weighted by Gasteiger charge is 2.32. The van der Waals surface area contributed by atoms with E-state index in [2.05, 4.69) is 61.4 Å². The molecule has 42 heavy (non-hydrogen) atoms. The summed E-state index contributed by atoms with van der Waals surface area (Å²) in [5.41, 5.74) is 2.09. The number of amides is 1. The number of ether oxygens (including phenoxy) is 1. The maximum absolute atomic E-state index is 12.4. The van der Waals surface area contributed by atoms with E-state index in [1.165, 1.54) is 12.1 Å². The molecule has 2 fully saturated rings. The smallest absolute Gasteiger partial charge is 0.406 e. The molecule has 2 unspecified atom stereocenters. The maximum Gasteiger partial charge on any atom is 0.573 e. The Bertz CT molecular complexity index is 1050. The van der Waals surface area contributed by atoms with E-state index in [0.29, 0.717) is 18.4 Å². The zero-order chi connectivity index (χ0) is 31.3. The van der Waals surface area contributed by atoms with E-state index in [4.69, 9.17) is 0 Å². The molecule has 234 valence electrons. The lowest BCUT2D eigenvalue weighted by Gasteiger charge is -2.42. The highest BCUT2D eigenvalue weighted by molar-refractivity contribution is 5.73. The third-order valence-corrected chi connectivity index (χ3v) is 7.39. The zero-order valence-electron chi connectivity index (χ0n) is 25.9. The van der Waals surface area contributed by atoms with E-state index in [1.807, 2.05) is 23.1 Å². The van der Waals surface area contributed by atoms with Crippen LogP contribution < -0.4 is 4.74 Å². The Balaban J connectivity index is 0.000000319. The van der Waals surface area contributed by atoms with Crippen molar-refractivity contribution in [2.75, 3.05) is 39.8 Å². The molecule has 0 radical (unpaired) electrons. The number of carbonyl (C=O) groups excluding carboxylic acids is 2. The summed E-state index contributed by atoms with van der Waals surface area (Å²) in [6.07, 6.45) is -1.07. The first-order valence-corrected chi connectivity index (χ1v) is 14.8. The van der Waals surface area contributed by atoms with Crippen LogP contribution in [0.2, 0.25) is 0 Å². The number of halogens is 3. The lowest BCUT2D eigenvalue weighted by molar-refractivity contribution is -0.274. The van der Waals surface area contributed by atoms with Gasteiger partial charge in [0.2, 0.25) is 5.91 Å². The van der Waals surface area contributed by atoms with Crippen LogP contribution in [0.3, 0.4) is 0 Å². The lowest BCUT2D eigenvalue weighted by Crippen LogP contribution is -2.51. The minimum absolute atomic E-state index is 0.00675. The van der Waals surface area contributed by atoms with Crippen molar-refractivity contribution < 1.29 is 27.5 Å². The summed E-state index contributed by atoms with van der Waals surface area (Å²) >= 11 is 0. The van der Waals surface area contributed by atoms with E-state index >= 15 is 0 Å². The van der Waals surface area contributed by atoms with Crippen molar-refractivity contribution in [3.05, 3.63) is 65.7 Å². The van der Waals surface area contributed by atoms with Crippen LogP contribution >= 0.6 is 0 Å². The molecule has 0 bridgehead atoms. The number of piperazine rings is 1. The minimum atomic E-state index is -4.67. The molecule has 2 aliphatic heterocycles. The van der Waals surface area contributed by atoms with Crippen molar-refractivity contribution in [1.29, 1.82) is 0 Å². The fourth-order valence-electron chi connectivity index (χ4n) is 5.03. The summed E-state index contributed by atoms with van der Waals surface area (Å²) < 4.78 is 41.2. The molecule has 2 saturated heterocycles. The van der Waals surface area contributed by atoms with Crippen molar-refractivity contribution in [2.45, 2.75) is 72.3 Å². The van der Waals surface area contributed by atoms with Gasteiger partial charge in [0.25, 0.3) is 0 Å². The van der Waals surface area contributed by atoms with Crippen LogP contribution in [0.25, 0.3) is 0 Å². The SMILES string of the molecule is CC(=O)N1CCC(CC=O)CC1.CC(C)C.CC1CN(C(c2ccccc2)c2ccc(OC(F)(F)F)cc2)CCN1C. The summed E-state index contributed by atoms with van der Waals surface area (Å²) in [7, 11) is 2.11. The molecular formula is C33H48F3N3O3. The van der Waals surface area contributed by atoms with Crippen molar-refractivity contribution in [1.82, 2.24) is 14.7 Å². The van der Waals surface area contributed by atoms with Crippen LogP contribution in [-0.4, -0.2) is 79.1 Å². The van der Waals surface area contributed by atoms with Crippen molar-refractivity contribution in [2.24, 2.45) is 11.8 Å². The molecule has 0 spiro atoms. The largest absolute Gasteiger partial charge is 0.573 e. The predicted molar refractivity (Wildman–Crippen MR) is 161 cm³/mol. The highest BCUT2D eigenvalue weighted by Crippen LogP contribution is 2.32. The number of likely N-dealkylation sites (tertiary alicyclic amines) is 1. The van der Waals surface area contributed by atoms with E-state index in [0.717, 1.165) is 68.9 Å². The Kier molecular flexibility index (Phi) is 14.5. The Labute approximate surface area is 249 Å². The number of hydrogen-bond acceptors (Lipinski definition) is 5. The van der Waals surface area contributed by atoms with Crippen LogP contribution in [0.5, 0.6) is 5.75 Å². The Hall–Kier alpha value is -2.91. The second-order valence-electron chi connectivity index (χ2n) is 11.8. The van der Waals surface area contributed by atoms with Gasteiger partial charge in [-0.15, -0.1) is 13.2 Å². The van der Waals surface area contributed by atoms with Gasteiger partial charge in [-0.2, -0.15) is 0 Å². The van der Waals surface area contributed by atoms with E-state index < -0.39 is 6.36 Å². The average Bonchev–Trinajstić information content (AvgIpc) is 2.92. The van der Waals surface area contributed by atoms with Crippen LogP contribution in [0.4, 0.5) is 13.2 Å².